The highest BCUT2D eigenvalue weighted by molar-refractivity contribution is 5.77. The van der Waals surface area contributed by atoms with E-state index in [1.807, 2.05) is 0 Å². The molecule has 1 fully saturated rings. The summed E-state index contributed by atoms with van der Waals surface area (Å²) < 4.78 is 8.18. The third-order valence-corrected chi connectivity index (χ3v) is 3.60. The second-order valence-corrected chi connectivity index (χ2v) is 5.18. The summed E-state index contributed by atoms with van der Waals surface area (Å²) >= 11 is 0. The number of fused-ring (bicyclic) bond motifs is 1. The molecule has 1 N–H and O–H groups in total. The maximum Gasteiger partial charge on any atom is 0.140 e. The number of hydrogen-bond donors (Lipinski definition) is 1. The minimum Gasteiger partial charge on any atom is -0.368 e. The molecule has 3 rings (SSSR count). The molecular weight excluding hydrogens is 238 g/mol. The van der Waals surface area contributed by atoms with E-state index in [4.69, 9.17) is 9.72 Å². The van der Waals surface area contributed by atoms with Gasteiger partial charge in [-0.05, 0) is 31.0 Å². The van der Waals surface area contributed by atoms with Crippen molar-refractivity contribution in [3.63, 3.8) is 0 Å². The number of imidazole rings is 1. The van der Waals surface area contributed by atoms with Gasteiger partial charge in [0.1, 0.15) is 11.9 Å². The zero-order valence-electron chi connectivity index (χ0n) is 11.6. The van der Waals surface area contributed by atoms with E-state index in [9.17, 15) is 0 Å². The molecular formula is C15H21N3O. The molecule has 0 saturated carbocycles. The summed E-state index contributed by atoms with van der Waals surface area (Å²) in [6, 6.07) is 6.48. The molecule has 102 valence electrons. The molecule has 0 radical (unpaired) electrons. The predicted molar refractivity (Wildman–Crippen MR) is 76.3 cm³/mol. The lowest BCUT2D eigenvalue weighted by Crippen LogP contribution is -2.34. The normalized spacial score (nSPS) is 20.0. The molecule has 1 aliphatic rings. The van der Waals surface area contributed by atoms with Crippen molar-refractivity contribution in [1.29, 1.82) is 0 Å². The second kappa shape index (κ2) is 5.31. The summed E-state index contributed by atoms with van der Waals surface area (Å²) in [6.07, 6.45) is 1.18. The molecule has 0 spiro atoms. The standard InChI is InChI=1S/C15H21N3O/c1-3-7-18-13-5-4-11(2)9-12(13)17-15(18)14-10-16-6-8-19-14/h4-5,9,14,16H,3,6-8,10H2,1-2H3. The van der Waals surface area contributed by atoms with E-state index >= 15 is 0 Å². The lowest BCUT2D eigenvalue weighted by atomic mass is 10.2. The largest absolute Gasteiger partial charge is 0.368 e. The van der Waals surface area contributed by atoms with Crippen molar-refractivity contribution in [2.24, 2.45) is 0 Å². The number of morpholine rings is 1. The van der Waals surface area contributed by atoms with Gasteiger partial charge in [-0.25, -0.2) is 4.98 Å². The highest BCUT2D eigenvalue weighted by atomic mass is 16.5. The third-order valence-electron chi connectivity index (χ3n) is 3.60. The van der Waals surface area contributed by atoms with Gasteiger partial charge in [0, 0.05) is 19.6 Å². The molecule has 2 heterocycles. The van der Waals surface area contributed by atoms with Gasteiger partial charge in [-0.15, -0.1) is 0 Å². The Labute approximate surface area is 113 Å². The van der Waals surface area contributed by atoms with Crippen molar-refractivity contribution in [1.82, 2.24) is 14.9 Å². The van der Waals surface area contributed by atoms with Gasteiger partial charge in [0.25, 0.3) is 0 Å². The summed E-state index contributed by atoms with van der Waals surface area (Å²) in [5, 5.41) is 3.38. The van der Waals surface area contributed by atoms with E-state index in [2.05, 4.69) is 41.9 Å². The molecule has 1 atom stereocenters. The van der Waals surface area contributed by atoms with Crippen molar-refractivity contribution in [3.05, 3.63) is 29.6 Å². The SMILES string of the molecule is CCCn1c(C2CNCCO2)nc2cc(C)ccc21. The second-order valence-electron chi connectivity index (χ2n) is 5.18. The Kier molecular flexibility index (Phi) is 3.53. The molecule has 0 bridgehead atoms. The average Bonchev–Trinajstić information content (AvgIpc) is 2.78. The number of rotatable bonds is 3. The van der Waals surface area contributed by atoms with E-state index < -0.39 is 0 Å². The van der Waals surface area contributed by atoms with E-state index in [-0.39, 0.29) is 6.10 Å². The van der Waals surface area contributed by atoms with E-state index in [1.54, 1.807) is 0 Å². The quantitative estimate of drug-likeness (QED) is 0.920. The molecule has 1 aliphatic heterocycles. The maximum atomic E-state index is 5.86. The Morgan fingerprint density at radius 2 is 2.37 bits per heavy atom. The highest BCUT2D eigenvalue weighted by Gasteiger charge is 2.22. The van der Waals surface area contributed by atoms with Crippen LogP contribution in [0.2, 0.25) is 0 Å². The van der Waals surface area contributed by atoms with Crippen molar-refractivity contribution in [2.45, 2.75) is 32.9 Å². The van der Waals surface area contributed by atoms with Gasteiger partial charge in [-0.1, -0.05) is 13.0 Å². The van der Waals surface area contributed by atoms with Gasteiger partial charge in [-0.2, -0.15) is 0 Å². The molecule has 0 amide bonds. The number of nitrogens with one attached hydrogen (secondary N) is 1. The summed E-state index contributed by atoms with van der Waals surface area (Å²) in [7, 11) is 0. The number of ether oxygens (including phenoxy) is 1. The first-order chi connectivity index (χ1) is 9.29. The molecule has 4 nitrogen and oxygen atoms in total. The van der Waals surface area contributed by atoms with Gasteiger partial charge < -0.3 is 14.6 Å². The van der Waals surface area contributed by atoms with Crippen LogP contribution in [-0.4, -0.2) is 29.2 Å². The first-order valence-corrected chi connectivity index (χ1v) is 7.08. The number of benzene rings is 1. The molecule has 1 unspecified atom stereocenters. The molecule has 0 aliphatic carbocycles. The Morgan fingerprint density at radius 1 is 1.47 bits per heavy atom. The monoisotopic (exact) mass is 259 g/mol. The van der Waals surface area contributed by atoms with Crippen LogP contribution in [0.25, 0.3) is 11.0 Å². The van der Waals surface area contributed by atoms with Crippen molar-refractivity contribution in [2.75, 3.05) is 19.7 Å². The molecule has 4 heteroatoms. The van der Waals surface area contributed by atoms with E-state index in [1.165, 1.54) is 11.1 Å². The zero-order chi connectivity index (χ0) is 13.2. The van der Waals surface area contributed by atoms with Crippen molar-refractivity contribution in [3.8, 4) is 0 Å². The lowest BCUT2D eigenvalue weighted by Gasteiger charge is -2.24. The fourth-order valence-electron chi connectivity index (χ4n) is 2.69. The minimum absolute atomic E-state index is 0.0769. The van der Waals surface area contributed by atoms with Crippen LogP contribution in [0, 0.1) is 6.92 Å². The molecule has 1 saturated heterocycles. The fraction of sp³-hybridized carbons (Fsp3) is 0.533. The molecule has 19 heavy (non-hydrogen) atoms. The van der Waals surface area contributed by atoms with Crippen LogP contribution < -0.4 is 5.32 Å². The Morgan fingerprint density at radius 3 is 3.11 bits per heavy atom. The lowest BCUT2D eigenvalue weighted by molar-refractivity contribution is 0.0202. The number of aryl methyl sites for hydroxylation is 2. The van der Waals surface area contributed by atoms with E-state index in [0.717, 1.165) is 44.0 Å². The van der Waals surface area contributed by atoms with Crippen molar-refractivity contribution >= 4 is 11.0 Å². The van der Waals surface area contributed by atoms with Gasteiger partial charge in [0.05, 0.1) is 17.6 Å². The minimum atomic E-state index is 0.0769. The van der Waals surface area contributed by atoms with Gasteiger partial charge in [0.2, 0.25) is 0 Å². The van der Waals surface area contributed by atoms with Crippen LogP contribution in [0.1, 0.15) is 30.8 Å². The summed E-state index contributed by atoms with van der Waals surface area (Å²) in [5.41, 5.74) is 3.55. The fourth-order valence-corrected chi connectivity index (χ4v) is 2.69. The number of nitrogens with zero attached hydrogens (tertiary/aromatic N) is 2. The Hall–Kier alpha value is -1.39. The van der Waals surface area contributed by atoms with Crippen LogP contribution in [-0.2, 0) is 11.3 Å². The molecule has 1 aromatic heterocycles. The van der Waals surface area contributed by atoms with Crippen LogP contribution in [0.4, 0.5) is 0 Å². The first-order valence-electron chi connectivity index (χ1n) is 7.08. The maximum absolute atomic E-state index is 5.86. The molecule has 2 aromatic rings. The zero-order valence-corrected chi connectivity index (χ0v) is 11.6. The van der Waals surface area contributed by atoms with Crippen LogP contribution in [0.5, 0.6) is 0 Å². The molecule has 1 aromatic carbocycles. The summed E-state index contributed by atoms with van der Waals surface area (Å²) in [5.74, 6) is 1.06. The summed E-state index contributed by atoms with van der Waals surface area (Å²) in [4.78, 5) is 4.81. The predicted octanol–water partition coefficient (Wildman–Crippen LogP) is 2.42. The number of aromatic nitrogens is 2. The van der Waals surface area contributed by atoms with Crippen LogP contribution in [0.3, 0.4) is 0 Å². The van der Waals surface area contributed by atoms with Gasteiger partial charge >= 0.3 is 0 Å². The average molecular weight is 259 g/mol. The smallest absolute Gasteiger partial charge is 0.140 e. The summed E-state index contributed by atoms with van der Waals surface area (Å²) in [6.45, 7) is 7.85. The van der Waals surface area contributed by atoms with Crippen LogP contribution in [0.15, 0.2) is 18.2 Å². The third kappa shape index (κ3) is 2.38. The topological polar surface area (TPSA) is 39.1 Å². The highest BCUT2D eigenvalue weighted by Crippen LogP contribution is 2.25. The van der Waals surface area contributed by atoms with Gasteiger partial charge in [-0.3, -0.25) is 0 Å². The van der Waals surface area contributed by atoms with Crippen LogP contribution >= 0.6 is 0 Å². The van der Waals surface area contributed by atoms with Gasteiger partial charge in [0.15, 0.2) is 0 Å². The van der Waals surface area contributed by atoms with E-state index in [0.29, 0.717) is 0 Å². The van der Waals surface area contributed by atoms with Crippen molar-refractivity contribution < 1.29 is 4.74 Å². The number of hydrogen-bond acceptors (Lipinski definition) is 3. The Bertz CT molecular complexity index is 570. The first kappa shape index (κ1) is 12.6. The Balaban J connectivity index is 2.08.